The lowest BCUT2D eigenvalue weighted by atomic mass is 10.1. The van der Waals surface area contributed by atoms with Gasteiger partial charge in [0.2, 0.25) is 0 Å². The molecule has 25 heavy (non-hydrogen) atoms. The molecule has 1 amide bonds. The summed E-state index contributed by atoms with van der Waals surface area (Å²) < 4.78 is 16.4. The van der Waals surface area contributed by atoms with E-state index in [2.05, 4.69) is 5.43 Å². The Hall–Kier alpha value is -2.28. The van der Waals surface area contributed by atoms with Crippen molar-refractivity contribution in [3.05, 3.63) is 24.3 Å². The van der Waals surface area contributed by atoms with Gasteiger partial charge in [-0.15, -0.1) is 0 Å². The number of hydrogen-bond donors (Lipinski definition) is 2. The van der Waals surface area contributed by atoms with E-state index in [1.165, 1.54) is 0 Å². The third-order valence-corrected chi connectivity index (χ3v) is 3.50. The van der Waals surface area contributed by atoms with Crippen LogP contribution in [0.25, 0.3) is 0 Å². The lowest BCUT2D eigenvalue weighted by molar-refractivity contribution is -0.158. The smallest absolute Gasteiger partial charge is 0.349 e. The Morgan fingerprint density at radius 3 is 2.28 bits per heavy atom. The summed E-state index contributed by atoms with van der Waals surface area (Å²) in [5, 5.41) is 0. The number of esters is 1. The van der Waals surface area contributed by atoms with Crippen LogP contribution in [-0.4, -0.2) is 30.2 Å². The van der Waals surface area contributed by atoms with Crippen molar-refractivity contribution in [1.29, 1.82) is 0 Å². The number of benzene rings is 1. The van der Waals surface area contributed by atoms with Gasteiger partial charge in [0.05, 0.1) is 6.61 Å². The van der Waals surface area contributed by atoms with E-state index in [0.717, 1.165) is 12.8 Å². The molecule has 1 atom stereocenters. The molecule has 0 bridgehead atoms. The molecular formula is C18H28N2O5. The average molecular weight is 352 g/mol. The third-order valence-electron chi connectivity index (χ3n) is 3.50. The fraction of sp³-hybridized carbons (Fsp3) is 0.556. The van der Waals surface area contributed by atoms with Crippen molar-refractivity contribution < 1.29 is 23.8 Å². The summed E-state index contributed by atoms with van der Waals surface area (Å²) in [4.78, 5) is 23.6. The molecule has 0 heterocycles. The van der Waals surface area contributed by atoms with Gasteiger partial charge >= 0.3 is 5.97 Å². The minimum absolute atomic E-state index is 0.292. The molecule has 0 fully saturated rings. The standard InChI is InChI=1S/C18H28N2O5/c1-5-7-8-15(16(21)20-19)24-13-9-11-14(12-10-13)25-18(3,4)17(22)23-6-2/h9-12,15H,5-8,19H2,1-4H3,(H,20,21). The molecular weight excluding hydrogens is 324 g/mol. The topological polar surface area (TPSA) is 99.9 Å². The van der Waals surface area contributed by atoms with Gasteiger partial charge in [0, 0.05) is 0 Å². The van der Waals surface area contributed by atoms with E-state index in [4.69, 9.17) is 20.1 Å². The quantitative estimate of drug-likeness (QED) is 0.290. The van der Waals surface area contributed by atoms with Gasteiger partial charge in [0.25, 0.3) is 5.91 Å². The van der Waals surface area contributed by atoms with Crippen LogP contribution in [0.2, 0.25) is 0 Å². The zero-order valence-corrected chi connectivity index (χ0v) is 15.3. The van der Waals surface area contributed by atoms with Gasteiger partial charge in [-0.25, -0.2) is 10.6 Å². The number of hydrogen-bond acceptors (Lipinski definition) is 6. The van der Waals surface area contributed by atoms with Crippen molar-refractivity contribution >= 4 is 11.9 Å². The number of carbonyl (C=O) groups is 2. The molecule has 7 nitrogen and oxygen atoms in total. The molecule has 0 aliphatic rings. The van der Waals surface area contributed by atoms with Gasteiger partial charge in [-0.1, -0.05) is 13.3 Å². The number of amides is 1. The molecule has 0 saturated heterocycles. The number of rotatable bonds is 10. The van der Waals surface area contributed by atoms with Crippen molar-refractivity contribution in [1.82, 2.24) is 5.43 Å². The van der Waals surface area contributed by atoms with E-state index in [9.17, 15) is 9.59 Å². The zero-order chi connectivity index (χ0) is 18.9. The van der Waals surface area contributed by atoms with Crippen LogP contribution < -0.4 is 20.7 Å². The first kappa shape index (κ1) is 20.8. The predicted octanol–water partition coefficient (Wildman–Crippen LogP) is 2.33. The molecule has 0 aliphatic heterocycles. The maximum absolute atomic E-state index is 11.9. The number of carbonyl (C=O) groups excluding carboxylic acids is 2. The molecule has 3 N–H and O–H groups in total. The van der Waals surface area contributed by atoms with E-state index in [0.29, 0.717) is 24.5 Å². The highest BCUT2D eigenvalue weighted by Crippen LogP contribution is 2.24. The average Bonchev–Trinajstić information content (AvgIpc) is 2.59. The highest BCUT2D eigenvalue weighted by atomic mass is 16.6. The third kappa shape index (κ3) is 6.62. The Balaban J connectivity index is 2.74. The maximum atomic E-state index is 11.9. The Bertz CT molecular complexity index is 557. The minimum Gasteiger partial charge on any atom is -0.481 e. The largest absolute Gasteiger partial charge is 0.481 e. The predicted molar refractivity (Wildman–Crippen MR) is 94.1 cm³/mol. The molecule has 7 heteroatoms. The van der Waals surface area contributed by atoms with Crippen LogP contribution in [0, 0.1) is 0 Å². The Morgan fingerprint density at radius 2 is 1.76 bits per heavy atom. The molecule has 0 saturated carbocycles. The molecule has 140 valence electrons. The molecule has 1 aromatic carbocycles. The Kier molecular flexibility index (Phi) is 8.21. The van der Waals surface area contributed by atoms with Gasteiger partial charge in [0.1, 0.15) is 11.5 Å². The monoisotopic (exact) mass is 352 g/mol. The van der Waals surface area contributed by atoms with Crippen LogP contribution in [-0.2, 0) is 14.3 Å². The van der Waals surface area contributed by atoms with E-state index in [1.54, 1.807) is 45.0 Å². The highest BCUT2D eigenvalue weighted by Gasteiger charge is 2.31. The van der Waals surface area contributed by atoms with Crippen LogP contribution in [0.5, 0.6) is 11.5 Å². The Morgan fingerprint density at radius 1 is 1.16 bits per heavy atom. The molecule has 0 spiro atoms. The fourth-order valence-electron chi connectivity index (χ4n) is 2.12. The summed E-state index contributed by atoms with van der Waals surface area (Å²) in [6, 6.07) is 6.71. The van der Waals surface area contributed by atoms with Crippen LogP contribution >= 0.6 is 0 Å². The van der Waals surface area contributed by atoms with Gasteiger partial charge in [0.15, 0.2) is 11.7 Å². The molecule has 0 radical (unpaired) electrons. The first-order valence-electron chi connectivity index (χ1n) is 8.47. The molecule has 1 rings (SSSR count). The lowest BCUT2D eigenvalue weighted by Crippen LogP contribution is -2.42. The van der Waals surface area contributed by atoms with Crippen molar-refractivity contribution in [2.24, 2.45) is 5.84 Å². The second-order valence-electron chi connectivity index (χ2n) is 6.06. The van der Waals surface area contributed by atoms with Crippen molar-refractivity contribution in [3.63, 3.8) is 0 Å². The van der Waals surface area contributed by atoms with E-state index in [1.807, 2.05) is 6.92 Å². The minimum atomic E-state index is -1.10. The number of hydrazine groups is 1. The highest BCUT2D eigenvalue weighted by molar-refractivity contribution is 5.80. The molecule has 1 aromatic rings. The summed E-state index contributed by atoms with van der Waals surface area (Å²) in [7, 11) is 0. The maximum Gasteiger partial charge on any atom is 0.349 e. The van der Waals surface area contributed by atoms with Gasteiger partial charge in [-0.05, 0) is 57.9 Å². The number of ether oxygens (including phenoxy) is 3. The summed E-state index contributed by atoms with van der Waals surface area (Å²) in [6.07, 6.45) is 1.74. The van der Waals surface area contributed by atoms with Crippen molar-refractivity contribution in [2.45, 2.75) is 58.7 Å². The lowest BCUT2D eigenvalue weighted by Gasteiger charge is -2.24. The van der Waals surface area contributed by atoms with E-state index in [-0.39, 0.29) is 5.91 Å². The van der Waals surface area contributed by atoms with Crippen LogP contribution in [0.3, 0.4) is 0 Å². The first-order valence-corrected chi connectivity index (χ1v) is 8.47. The fourth-order valence-corrected chi connectivity index (χ4v) is 2.12. The van der Waals surface area contributed by atoms with Gasteiger partial charge in [-0.3, -0.25) is 10.2 Å². The van der Waals surface area contributed by atoms with E-state index < -0.39 is 17.7 Å². The number of unbranched alkanes of at least 4 members (excludes halogenated alkanes) is 1. The number of nitrogens with one attached hydrogen (secondary N) is 1. The number of nitrogens with two attached hydrogens (primary N) is 1. The molecule has 0 aliphatic carbocycles. The molecule has 0 aromatic heterocycles. The summed E-state index contributed by atoms with van der Waals surface area (Å²) in [5.74, 6) is 5.42. The summed E-state index contributed by atoms with van der Waals surface area (Å²) >= 11 is 0. The Labute approximate surface area is 148 Å². The van der Waals surface area contributed by atoms with Crippen molar-refractivity contribution in [3.8, 4) is 11.5 Å². The normalized spacial score (nSPS) is 12.2. The second-order valence-corrected chi connectivity index (χ2v) is 6.06. The van der Waals surface area contributed by atoms with Crippen LogP contribution in [0.15, 0.2) is 24.3 Å². The zero-order valence-electron chi connectivity index (χ0n) is 15.3. The van der Waals surface area contributed by atoms with Gasteiger partial charge < -0.3 is 14.2 Å². The van der Waals surface area contributed by atoms with E-state index >= 15 is 0 Å². The summed E-state index contributed by atoms with van der Waals surface area (Å²) in [5.41, 5.74) is 1.03. The van der Waals surface area contributed by atoms with Gasteiger partial charge in [-0.2, -0.15) is 0 Å². The molecule has 1 unspecified atom stereocenters. The van der Waals surface area contributed by atoms with Crippen LogP contribution in [0.1, 0.15) is 47.0 Å². The first-order chi connectivity index (χ1) is 11.8. The SMILES string of the molecule is CCCCC(Oc1ccc(OC(C)(C)C(=O)OCC)cc1)C(=O)NN. The summed E-state index contributed by atoms with van der Waals surface area (Å²) in [6.45, 7) is 7.35. The van der Waals surface area contributed by atoms with Crippen molar-refractivity contribution in [2.75, 3.05) is 6.61 Å². The van der Waals surface area contributed by atoms with Crippen LogP contribution in [0.4, 0.5) is 0 Å². The second kappa shape index (κ2) is 9.88.